The molecule has 43 heavy (non-hydrogen) atoms. The van der Waals surface area contributed by atoms with E-state index in [2.05, 4.69) is 20.9 Å². The van der Waals surface area contributed by atoms with E-state index in [0.29, 0.717) is 48.1 Å². The first-order chi connectivity index (χ1) is 20.8. The lowest BCUT2D eigenvalue weighted by Gasteiger charge is -2.48. The number of H-pyrrole nitrogens is 1. The standard InChI is InChI=1S/C29H34FN9O3S/c30-19-11-29(5-2-8-39(29)14-19)17-42-27-35-25(37(9-10-40)13-18-3-1-7-33-24(18)41)34-26(36-27)38-15-28(16-38)6-4-21-22(28)20(12-31)23(32)43-21/h1,3,7,19,40H,2,4-6,8-11,13-17,32H2,(H,33,41)/t19-,29+/m1/s1. The zero-order valence-corrected chi connectivity index (χ0v) is 24.6. The maximum absolute atomic E-state index is 14.4. The van der Waals surface area contributed by atoms with Gasteiger partial charge in [-0.3, -0.25) is 9.69 Å². The Balaban J connectivity index is 1.20. The van der Waals surface area contributed by atoms with Gasteiger partial charge in [0.15, 0.2) is 0 Å². The summed E-state index contributed by atoms with van der Waals surface area (Å²) in [4.78, 5) is 36.4. The van der Waals surface area contributed by atoms with Gasteiger partial charge in [-0.1, -0.05) is 6.07 Å². The van der Waals surface area contributed by atoms with Gasteiger partial charge in [-0.25, -0.2) is 4.39 Å². The zero-order valence-electron chi connectivity index (χ0n) is 23.8. The van der Waals surface area contributed by atoms with Crippen LogP contribution in [0.4, 0.5) is 21.3 Å². The molecule has 3 saturated heterocycles. The molecule has 7 rings (SSSR count). The molecule has 4 aliphatic rings. The molecule has 1 aliphatic carbocycles. The van der Waals surface area contributed by atoms with Crippen LogP contribution in [0.2, 0.25) is 0 Å². The van der Waals surface area contributed by atoms with Gasteiger partial charge in [0.25, 0.3) is 5.56 Å². The molecule has 14 heteroatoms. The molecule has 6 heterocycles. The van der Waals surface area contributed by atoms with Crippen molar-refractivity contribution in [3.8, 4) is 12.1 Å². The van der Waals surface area contributed by atoms with Crippen molar-refractivity contribution in [3.05, 3.63) is 50.3 Å². The number of rotatable bonds is 9. The highest BCUT2D eigenvalue weighted by Crippen LogP contribution is 2.52. The third-order valence-electron chi connectivity index (χ3n) is 9.49. The lowest BCUT2D eigenvalue weighted by atomic mass is 9.74. The number of nitrogen functional groups attached to an aromatic ring is 1. The van der Waals surface area contributed by atoms with Crippen LogP contribution in [0, 0.1) is 11.3 Å². The minimum Gasteiger partial charge on any atom is -0.461 e. The Bertz CT molecular complexity index is 1630. The summed E-state index contributed by atoms with van der Waals surface area (Å²) in [5, 5.41) is 20.3. The maximum atomic E-state index is 14.4. The number of aliphatic hydroxyl groups is 1. The molecule has 3 aromatic rings. The number of anilines is 3. The first-order valence-electron chi connectivity index (χ1n) is 14.7. The van der Waals surface area contributed by atoms with E-state index in [1.165, 1.54) is 16.2 Å². The number of nitrogens with zero attached hydrogens (tertiary/aromatic N) is 7. The molecule has 4 N–H and O–H groups in total. The summed E-state index contributed by atoms with van der Waals surface area (Å²) in [6.45, 7) is 2.96. The number of alkyl halides is 1. The van der Waals surface area contributed by atoms with Gasteiger partial charge in [-0.15, -0.1) is 11.3 Å². The summed E-state index contributed by atoms with van der Waals surface area (Å²) in [5.41, 5.74) is 7.53. The fourth-order valence-corrected chi connectivity index (χ4v) is 8.59. The number of aromatic amines is 1. The Morgan fingerprint density at radius 3 is 2.98 bits per heavy atom. The van der Waals surface area contributed by atoms with E-state index >= 15 is 0 Å². The van der Waals surface area contributed by atoms with Crippen molar-refractivity contribution in [1.29, 1.82) is 5.26 Å². The van der Waals surface area contributed by atoms with Gasteiger partial charge in [-0.2, -0.15) is 20.2 Å². The highest BCUT2D eigenvalue weighted by atomic mass is 32.1. The highest BCUT2D eigenvalue weighted by Gasteiger charge is 2.52. The van der Waals surface area contributed by atoms with Gasteiger partial charge in [0.2, 0.25) is 11.9 Å². The third kappa shape index (κ3) is 4.79. The van der Waals surface area contributed by atoms with E-state index in [-0.39, 0.29) is 54.8 Å². The topological polar surface area (TPSA) is 161 Å². The first kappa shape index (κ1) is 28.0. The molecule has 12 nitrogen and oxygen atoms in total. The quantitative estimate of drug-likeness (QED) is 0.325. The van der Waals surface area contributed by atoms with Crippen molar-refractivity contribution in [2.45, 2.75) is 55.8 Å². The van der Waals surface area contributed by atoms with E-state index in [1.807, 2.05) is 4.90 Å². The normalized spacial score (nSPS) is 23.7. The van der Waals surface area contributed by atoms with Crippen LogP contribution in [-0.2, 0) is 18.4 Å². The molecule has 226 valence electrons. The number of pyridine rings is 1. The van der Waals surface area contributed by atoms with Crippen LogP contribution in [-0.4, -0.2) is 87.6 Å². The van der Waals surface area contributed by atoms with Gasteiger partial charge in [0.05, 0.1) is 24.3 Å². The third-order valence-corrected chi connectivity index (χ3v) is 10.6. The Kier molecular flexibility index (Phi) is 6.98. The minimum absolute atomic E-state index is 0.124. The average molecular weight is 608 g/mol. The number of aliphatic hydroxyl groups excluding tert-OH is 1. The zero-order chi connectivity index (χ0) is 29.8. The number of hydrogen-bond acceptors (Lipinski definition) is 12. The maximum Gasteiger partial charge on any atom is 0.323 e. The van der Waals surface area contributed by atoms with E-state index in [1.54, 1.807) is 23.2 Å². The number of fused-ring (bicyclic) bond motifs is 3. The molecular weight excluding hydrogens is 573 g/mol. The molecule has 3 aliphatic heterocycles. The van der Waals surface area contributed by atoms with Crippen LogP contribution in [0.1, 0.15) is 47.3 Å². The summed E-state index contributed by atoms with van der Waals surface area (Å²) in [7, 11) is 0. The highest BCUT2D eigenvalue weighted by molar-refractivity contribution is 7.16. The van der Waals surface area contributed by atoms with E-state index in [0.717, 1.165) is 37.8 Å². The van der Waals surface area contributed by atoms with Crippen molar-refractivity contribution in [1.82, 2.24) is 24.8 Å². The van der Waals surface area contributed by atoms with Crippen LogP contribution >= 0.6 is 11.3 Å². The van der Waals surface area contributed by atoms with Crippen molar-refractivity contribution in [3.63, 3.8) is 0 Å². The van der Waals surface area contributed by atoms with Crippen LogP contribution < -0.4 is 25.8 Å². The number of ether oxygens (including phenoxy) is 1. The largest absolute Gasteiger partial charge is 0.461 e. The fourth-order valence-electron chi connectivity index (χ4n) is 7.45. The van der Waals surface area contributed by atoms with Gasteiger partial charge < -0.3 is 30.4 Å². The summed E-state index contributed by atoms with van der Waals surface area (Å²) in [6.07, 6.45) is 4.78. The number of nitrogens with one attached hydrogen (secondary N) is 1. The number of thiophene rings is 1. The smallest absolute Gasteiger partial charge is 0.323 e. The molecule has 0 unspecified atom stereocenters. The second-order valence-electron chi connectivity index (χ2n) is 12.1. The van der Waals surface area contributed by atoms with Gasteiger partial charge in [0, 0.05) is 54.7 Å². The second kappa shape index (κ2) is 10.7. The van der Waals surface area contributed by atoms with Crippen molar-refractivity contribution in [2.24, 2.45) is 0 Å². The van der Waals surface area contributed by atoms with Crippen LogP contribution in [0.5, 0.6) is 6.01 Å². The predicted octanol–water partition coefficient (Wildman–Crippen LogP) is 1.73. The van der Waals surface area contributed by atoms with Crippen molar-refractivity contribution in [2.75, 3.05) is 61.5 Å². The molecule has 0 saturated carbocycles. The second-order valence-corrected chi connectivity index (χ2v) is 13.3. The number of hydrogen-bond donors (Lipinski definition) is 3. The van der Waals surface area contributed by atoms with Crippen molar-refractivity contribution >= 4 is 28.2 Å². The number of nitrogens with two attached hydrogens (primary N) is 1. The Morgan fingerprint density at radius 2 is 2.19 bits per heavy atom. The average Bonchev–Trinajstić information content (AvgIpc) is 3.70. The predicted molar refractivity (Wildman–Crippen MR) is 159 cm³/mol. The summed E-state index contributed by atoms with van der Waals surface area (Å²) in [6, 6.07) is 5.90. The number of halogens is 1. The van der Waals surface area contributed by atoms with Crippen molar-refractivity contribution < 1.29 is 14.2 Å². The van der Waals surface area contributed by atoms with Gasteiger partial charge in [-0.05, 0) is 43.9 Å². The van der Waals surface area contributed by atoms with E-state index in [4.69, 9.17) is 20.4 Å². The summed E-state index contributed by atoms with van der Waals surface area (Å²) >= 11 is 1.51. The Labute approximate surface area is 251 Å². The Hall–Kier alpha value is -3.80. The monoisotopic (exact) mass is 607 g/mol. The molecule has 0 amide bonds. The number of aromatic nitrogens is 4. The van der Waals surface area contributed by atoms with Crippen LogP contribution in [0.3, 0.4) is 0 Å². The molecule has 0 bridgehead atoms. The SMILES string of the molecule is N#Cc1c(N)sc2c1C1(CC2)CN(c2nc(OC[C@@]34CCCN3C[C@H](F)C4)nc(N(CCO)Cc3ccc[nH]c3=O)n2)C1. The molecule has 0 aromatic carbocycles. The molecule has 3 fully saturated rings. The Morgan fingerprint density at radius 1 is 1.33 bits per heavy atom. The lowest BCUT2D eigenvalue weighted by Crippen LogP contribution is -2.59. The lowest BCUT2D eigenvalue weighted by molar-refractivity contribution is 0.107. The van der Waals surface area contributed by atoms with E-state index in [9.17, 15) is 19.6 Å². The van der Waals surface area contributed by atoms with Gasteiger partial charge in [0.1, 0.15) is 23.8 Å². The van der Waals surface area contributed by atoms with E-state index < -0.39 is 6.17 Å². The molecule has 2 atom stereocenters. The summed E-state index contributed by atoms with van der Waals surface area (Å²) < 4.78 is 20.7. The summed E-state index contributed by atoms with van der Waals surface area (Å²) in [5.74, 6) is 0.694. The number of aryl methyl sites for hydroxylation is 1. The van der Waals surface area contributed by atoms with Crippen LogP contribution in [0.25, 0.3) is 0 Å². The van der Waals surface area contributed by atoms with Crippen LogP contribution in [0.15, 0.2) is 23.1 Å². The molecule has 1 spiro atoms. The first-order valence-corrected chi connectivity index (χ1v) is 15.5. The molecule has 0 radical (unpaired) electrons. The van der Waals surface area contributed by atoms with Gasteiger partial charge >= 0.3 is 6.01 Å². The minimum atomic E-state index is -0.879. The molecular formula is C29H34FN9O3S. The fraction of sp³-hybridized carbons (Fsp3) is 0.552. The molecule has 3 aromatic heterocycles. The number of nitriles is 1.